The molecule has 0 spiro atoms. The molecule has 1 aromatic rings. The maximum absolute atomic E-state index is 9.69. The number of aliphatic hydroxyl groups is 1. The molecule has 2 heteroatoms. The van der Waals surface area contributed by atoms with Crippen LogP contribution in [-0.2, 0) is 0 Å². The van der Waals surface area contributed by atoms with Crippen molar-refractivity contribution in [2.24, 2.45) is 5.92 Å². The second kappa shape index (κ2) is 5.35. The summed E-state index contributed by atoms with van der Waals surface area (Å²) in [6.45, 7) is 10.5. The Kier molecular flexibility index (Phi) is 4.36. The molecule has 0 saturated carbocycles. The van der Waals surface area contributed by atoms with Gasteiger partial charge in [-0.05, 0) is 49.4 Å². The fourth-order valence-corrected chi connectivity index (χ4v) is 1.52. The topological polar surface area (TPSA) is 29.5 Å². The molecular weight excluding hydrogens is 200 g/mol. The first-order chi connectivity index (χ1) is 7.41. The molecule has 2 nitrogen and oxygen atoms in total. The van der Waals surface area contributed by atoms with Crippen molar-refractivity contribution in [1.82, 2.24) is 0 Å². The molecule has 1 rings (SSSR count). The summed E-state index contributed by atoms with van der Waals surface area (Å²) in [5.74, 6) is 1.11. The van der Waals surface area contributed by atoms with Crippen molar-refractivity contribution < 1.29 is 9.84 Å². The summed E-state index contributed by atoms with van der Waals surface area (Å²) in [4.78, 5) is 0. The predicted octanol–water partition coefficient (Wildman–Crippen LogP) is 3.01. The van der Waals surface area contributed by atoms with Crippen molar-refractivity contribution in [1.29, 1.82) is 0 Å². The van der Waals surface area contributed by atoms with Gasteiger partial charge in [0.2, 0.25) is 0 Å². The highest BCUT2D eigenvalue weighted by molar-refractivity contribution is 5.41. The number of aliphatic hydroxyl groups excluding tert-OH is 1. The third-order valence-electron chi connectivity index (χ3n) is 2.94. The maximum Gasteiger partial charge on any atom is 0.122 e. The first-order valence-electron chi connectivity index (χ1n) is 5.80. The Morgan fingerprint density at radius 1 is 1.19 bits per heavy atom. The fraction of sp³-hybridized carbons (Fsp3) is 0.571. The molecule has 1 atom stereocenters. The van der Waals surface area contributed by atoms with Crippen molar-refractivity contribution in [3.05, 3.63) is 28.8 Å². The molecule has 0 bridgehead atoms. The van der Waals surface area contributed by atoms with Gasteiger partial charge in [0.25, 0.3) is 0 Å². The molecule has 0 fully saturated rings. The van der Waals surface area contributed by atoms with E-state index in [-0.39, 0.29) is 5.92 Å². The van der Waals surface area contributed by atoms with Gasteiger partial charge < -0.3 is 9.84 Å². The van der Waals surface area contributed by atoms with Gasteiger partial charge in [-0.1, -0.05) is 19.9 Å². The van der Waals surface area contributed by atoms with Crippen molar-refractivity contribution in [2.75, 3.05) is 6.61 Å². The lowest BCUT2D eigenvalue weighted by molar-refractivity contribution is 0.0698. The van der Waals surface area contributed by atoms with E-state index in [0.717, 1.165) is 11.3 Å². The highest BCUT2D eigenvalue weighted by Gasteiger charge is 2.11. The summed E-state index contributed by atoms with van der Waals surface area (Å²) in [6.07, 6.45) is -0.403. The number of benzene rings is 1. The van der Waals surface area contributed by atoms with E-state index >= 15 is 0 Å². The number of hydrogen-bond donors (Lipinski definition) is 1. The Morgan fingerprint density at radius 2 is 1.81 bits per heavy atom. The fourth-order valence-electron chi connectivity index (χ4n) is 1.52. The highest BCUT2D eigenvalue weighted by atomic mass is 16.5. The largest absolute Gasteiger partial charge is 0.491 e. The van der Waals surface area contributed by atoms with E-state index in [4.69, 9.17) is 4.74 Å². The van der Waals surface area contributed by atoms with Crippen LogP contribution in [0.25, 0.3) is 0 Å². The van der Waals surface area contributed by atoms with Gasteiger partial charge in [0.05, 0.1) is 6.10 Å². The lowest BCUT2D eigenvalue weighted by Crippen LogP contribution is -2.23. The van der Waals surface area contributed by atoms with Crippen molar-refractivity contribution in [3.63, 3.8) is 0 Å². The minimum atomic E-state index is -0.403. The first kappa shape index (κ1) is 13.0. The monoisotopic (exact) mass is 222 g/mol. The molecule has 90 valence electrons. The molecule has 0 aromatic heterocycles. The van der Waals surface area contributed by atoms with Crippen LogP contribution in [0.15, 0.2) is 12.1 Å². The summed E-state index contributed by atoms with van der Waals surface area (Å²) in [5.41, 5.74) is 3.58. The summed E-state index contributed by atoms with van der Waals surface area (Å²) in [5, 5.41) is 9.69. The smallest absolute Gasteiger partial charge is 0.122 e. The van der Waals surface area contributed by atoms with Gasteiger partial charge in [-0.2, -0.15) is 0 Å². The van der Waals surface area contributed by atoms with Crippen LogP contribution in [-0.4, -0.2) is 17.8 Å². The van der Waals surface area contributed by atoms with E-state index in [1.165, 1.54) is 11.1 Å². The van der Waals surface area contributed by atoms with Crippen LogP contribution in [0, 0.1) is 26.7 Å². The van der Waals surface area contributed by atoms with Gasteiger partial charge in [0.1, 0.15) is 12.4 Å². The Balaban J connectivity index is 2.74. The van der Waals surface area contributed by atoms with E-state index in [1.54, 1.807) is 0 Å². The zero-order valence-corrected chi connectivity index (χ0v) is 10.9. The van der Waals surface area contributed by atoms with Gasteiger partial charge in [-0.25, -0.2) is 0 Å². The summed E-state index contributed by atoms with van der Waals surface area (Å²) >= 11 is 0. The minimum absolute atomic E-state index is 0.228. The van der Waals surface area contributed by atoms with E-state index in [0.29, 0.717) is 6.61 Å². The highest BCUT2D eigenvalue weighted by Crippen LogP contribution is 2.23. The first-order valence-corrected chi connectivity index (χ1v) is 5.80. The zero-order valence-electron chi connectivity index (χ0n) is 10.9. The average Bonchev–Trinajstić information content (AvgIpc) is 2.20. The molecule has 16 heavy (non-hydrogen) atoms. The van der Waals surface area contributed by atoms with E-state index in [1.807, 2.05) is 26.8 Å². The van der Waals surface area contributed by atoms with E-state index in [9.17, 15) is 5.11 Å². The van der Waals surface area contributed by atoms with Crippen LogP contribution in [0.3, 0.4) is 0 Å². The Hall–Kier alpha value is -1.02. The lowest BCUT2D eigenvalue weighted by atomic mass is 10.1. The molecule has 0 aliphatic heterocycles. The molecular formula is C14H22O2. The molecule has 0 radical (unpaired) electrons. The van der Waals surface area contributed by atoms with Crippen LogP contribution >= 0.6 is 0 Å². The molecule has 0 aliphatic carbocycles. The van der Waals surface area contributed by atoms with Crippen LogP contribution in [0.1, 0.15) is 30.5 Å². The number of rotatable bonds is 4. The van der Waals surface area contributed by atoms with Gasteiger partial charge in [-0.15, -0.1) is 0 Å². The van der Waals surface area contributed by atoms with Crippen molar-refractivity contribution >= 4 is 0 Å². The second-order valence-electron chi connectivity index (χ2n) is 4.83. The van der Waals surface area contributed by atoms with Crippen LogP contribution in [0.2, 0.25) is 0 Å². The number of ether oxygens (including phenoxy) is 1. The van der Waals surface area contributed by atoms with E-state index in [2.05, 4.69) is 19.9 Å². The quantitative estimate of drug-likeness (QED) is 0.848. The number of aryl methyl sites for hydroxylation is 2. The number of hydrogen-bond acceptors (Lipinski definition) is 2. The third-order valence-corrected chi connectivity index (χ3v) is 2.94. The van der Waals surface area contributed by atoms with Gasteiger partial charge in [0.15, 0.2) is 0 Å². The standard InChI is InChI=1S/C14H22O2/c1-9(2)13(15)8-16-14-7-10(3)6-11(4)12(14)5/h6-7,9,13,15H,8H2,1-5H3. The lowest BCUT2D eigenvalue weighted by Gasteiger charge is -2.17. The molecule has 1 aromatic carbocycles. The molecule has 1 N–H and O–H groups in total. The Bertz CT molecular complexity index is 356. The Morgan fingerprint density at radius 3 is 2.38 bits per heavy atom. The molecule has 0 amide bonds. The van der Waals surface area contributed by atoms with E-state index < -0.39 is 6.10 Å². The van der Waals surface area contributed by atoms with Crippen molar-refractivity contribution in [2.45, 2.75) is 40.7 Å². The SMILES string of the molecule is Cc1cc(C)c(C)c(OCC(O)C(C)C)c1. The summed E-state index contributed by atoms with van der Waals surface area (Å²) < 4.78 is 5.67. The molecule has 0 saturated heterocycles. The molecule has 0 heterocycles. The molecule has 1 unspecified atom stereocenters. The average molecular weight is 222 g/mol. The second-order valence-corrected chi connectivity index (χ2v) is 4.83. The summed E-state index contributed by atoms with van der Waals surface area (Å²) in [7, 11) is 0. The van der Waals surface area contributed by atoms with Crippen LogP contribution in [0.4, 0.5) is 0 Å². The minimum Gasteiger partial charge on any atom is -0.491 e. The molecule has 0 aliphatic rings. The summed E-state index contributed by atoms with van der Waals surface area (Å²) in [6, 6.07) is 4.16. The van der Waals surface area contributed by atoms with Crippen molar-refractivity contribution in [3.8, 4) is 5.75 Å². The maximum atomic E-state index is 9.69. The zero-order chi connectivity index (χ0) is 12.3. The van der Waals surface area contributed by atoms with Crippen LogP contribution < -0.4 is 4.74 Å². The van der Waals surface area contributed by atoms with Gasteiger partial charge in [0, 0.05) is 0 Å². The van der Waals surface area contributed by atoms with Gasteiger partial charge in [-0.3, -0.25) is 0 Å². The normalized spacial score (nSPS) is 12.9. The van der Waals surface area contributed by atoms with Gasteiger partial charge >= 0.3 is 0 Å². The van der Waals surface area contributed by atoms with Crippen LogP contribution in [0.5, 0.6) is 5.75 Å². The predicted molar refractivity (Wildman–Crippen MR) is 67.0 cm³/mol. The third kappa shape index (κ3) is 3.24. The Labute approximate surface area is 98.3 Å².